The van der Waals surface area contributed by atoms with E-state index in [1.54, 1.807) is 7.11 Å². The Hall–Kier alpha value is -2.29. The molecule has 3 heteroatoms. The average Bonchev–Trinajstić information content (AvgIpc) is 2.68. The number of carbonyl (C=O) groups excluding carboxylic acids is 1. The zero-order chi connectivity index (χ0) is 19.4. The Balaban J connectivity index is 1.48. The quantitative estimate of drug-likeness (QED) is 0.768. The first-order chi connectivity index (χ1) is 13.5. The van der Waals surface area contributed by atoms with Crippen LogP contribution in [0, 0.1) is 24.2 Å². The van der Waals surface area contributed by atoms with Crippen molar-refractivity contribution in [3.8, 4) is 5.75 Å². The van der Waals surface area contributed by atoms with Gasteiger partial charge in [-0.1, -0.05) is 42.0 Å². The molecule has 0 spiro atoms. The summed E-state index contributed by atoms with van der Waals surface area (Å²) in [5.74, 6) is 2.27. The van der Waals surface area contributed by atoms with Crippen molar-refractivity contribution in [1.82, 2.24) is 0 Å². The number of carbonyl (C=O) groups is 1. The molecule has 1 N–H and O–H groups in total. The summed E-state index contributed by atoms with van der Waals surface area (Å²) in [4.78, 5) is 13.6. The fourth-order valence-corrected chi connectivity index (χ4v) is 6.78. The Morgan fingerprint density at radius 2 is 1.68 bits per heavy atom. The summed E-state index contributed by atoms with van der Waals surface area (Å²) in [7, 11) is 1.65. The molecule has 2 unspecified atom stereocenters. The molecule has 4 atom stereocenters. The topological polar surface area (TPSA) is 38.3 Å². The number of para-hydroxylation sites is 2. The number of rotatable bonds is 4. The summed E-state index contributed by atoms with van der Waals surface area (Å²) < 4.78 is 5.45. The summed E-state index contributed by atoms with van der Waals surface area (Å²) in [5, 5.41) is 3.23. The van der Waals surface area contributed by atoms with E-state index in [2.05, 4.69) is 36.5 Å². The van der Waals surface area contributed by atoms with E-state index in [4.69, 9.17) is 4.74 Å². The fourth-order valence-electron chi connectivity index (χ4n) is 6.78. The highest BCUT2D eigenvalue weighted by Crippen LogP contribution is 2.66. The highest BCUT2D eigenvalue weighted by molar-refractivity contribution is 5.97. The Morgan fingerprint density at radius 3 is 2.36 bits per heavy atom. The lowest BCUT2D eigenvalue weighted by Gasteiger charge is -2.61. The van der Waals surface area contributed by atoms with Crippen LogP contribution in [0.2, 0.25) is 0 Å². The third kappa shape index (κ3) is 2.75. The lowest BCUT2D eigenvalue weighted by atomic mass is 9.42. The van der Waals surface area contributed by atoms with Gasteiger partial charge in [-0.25, -0.2) is 0 Å². The van der Waals surface area contributed by atoms with Crippen molar-refractivity contribution in [3.63, 3.8) is 0 Å². The monoisotopic (exact) mass is 375 g/mol. The largest absolute Gasteiger partial charge is 0.495 e. The van der Waals surface area contributed by atoms with Crippen molar-refractivity contribution in [2.45, 2.75) is 50.9 Å². The molecule has 6 rings (SSSR count). The molecule has 146 valence electrons. The van der Waals surface area contributed by atoms with Crippen LogP contribution < -0.4 is 10.1 Å². The predicted octanol–water partition coefficient (Wildman–Crippen LogP) is 5.48. The Bertz CT molecular complexity index is 887. The van der Waals surface area contributed by atoms with Crippen molar-refractivity contribution >= 4 is 11.6 Å². The SMILES string of the molecule is COc1ccccc1NC(=O)C12C[C@H]3C[C@@H](C1)CC(c1ccc(C)cc1)(C3)C2. The summed E-state index contributed by atoms with van der Waals surface area (Å²) in [6.07, 6.45) is 6.86. The van der Waals surface area contributed by atoms with Gasteiger partial charge in [-0.05, 0) is 80.4 Å². The summed E-state index contributed by atoms with van der Waals surface area (Å²) in [5.41, 5.74) is 3.47. The molecule has 0 radical (unpaired) electrons. The third-order valence-corrected chi connectivity index (χ3v) is 7.56. The molecule has 4 aliphatic rings. The molecular weight excluding hydrogens is 346 g/mol. The van der Waals surface area contributed by atoms with Crippen LogP contribution in [0.25, 0.3) is 0 Å². The number of anilines is 1. The van der Waals surface area contributed by atoms with Crippen molar-refractivity contribution in [2.75, 3.05) is 12.4 Å². The standard InChI is InChI=1S/C25H29NO2/c1-17-7-9-20(10-8-17)24-12-18-11-19(13-24)15-25(14-18,16-24)23(27)26-21-5-3-4-6-22(21)28-2/h3-10,18-19H,11-16H2,1-2H3,(H,26,27)/t18-,19+,24?,25?. The van der Waals surface area contributed by atoms with E-state index in [0.717, 1.165) is 30.7 Å². The van der Waals surface area contributed by atoms with Gasteiger partial charge in [-0.3, -0.25) is 4.79 Å². The van der Waals surface area contributed by atoms with Gasteiger partial charge >= 0.3 is 0 Å². The van der Waals surface area contributed by atoms with Crippen LogP contribution >= 0.6 is 0 Å². The van der Waals surface area contributed by atoms with Gasteiger partial charge in [0.15, 0.2) is 0 Å². The molecule has 0 aliphatic heterocycles. The molecule has 4 saturated carbocycles. The summed E-state index contributed by atoms with van der Waals surface area (Å²) in [6, 6.07) is 16.8. The van der Waals surface area contributed by atoms with E-state index in [1.807, 2.05) is 24.3 Å². The van der Waals surface area contributed by atoms with Crippen LogP contribution in [-0.4, -0.2) is 13.0 Å². The molecule has 3 nitrogen and oxygen atoms in total. The first kappa shape index (κ1) is 17.8. The normalized spacial score (nSPS) is 32.9. The Morgan fingerprint density at radius 1 is 1.00 bits per heavy atom. The van der Waals surface area contributed by atoms with Crippen LogP contribution in [0.15, 0.2) is 48.5 Å². The molecule has 28 heavy (non-hydrogen) atoms. The highest BCUT2D eigenvalue weighted by Gasteiger charge is 2.60. The van der Waals surface area contributed by atoms with Crippen LogP contribution in [0.4, 0.5) is 5.69 Å². The van der Waals surface area contributed by atoms with E-state index in [1.165, 1.54) is 30.4 Å². The molecule has 2 aromatic carbocycles. The van der Waals surface area contributed by atoms with Crippen molar-refractivity contribution < 1.29 is 9.53 Å². The van der Waals surface area contributed by atoms with Crippen molar-refractivity contribution in [2.24, 2.45) is 17.3 Å². The maximum atomic E-state index is 13.6. The number of benzene rings is 2. The number of hydrogen-bond acceptors (Lipinski definition) is 2. The third-order valence-electron chi connectivity index (χ3n) is 7.56. The zero-order valence-electron chi connectivity index (χ0n) is 16.8. The minimum atomic E-state index is -0.240. The lowest BCUT2D eigenvalue weighted by Crippen LogP contribution is -2.58. The smallest absolute Gasteiger partial charge is 0.230 e. The highest BCUT2D eigenvalue weighted by atomic mass is 16.5. The maximum absolute atomic E-state index is 13.6. The van der Waals surface area contributed by atoms with E-state index < -0.39 is 0 Å². The minimum Gasteiger partial charge on any atom is -0.495 e. The number of amides is 1. The van der Waals surface area contributed by atoms with Gasteiger partial charge in [0.1, 0.15) is 5.75 Å². The van der Waals surface area contributed by atoms with Gasteiger partial charge in [0.05, 0.1) is 18.2 Å². The van der Waals surface area contributed by atoms with Crippen molar-refractivity contribution in [1.29, 1.82) is 0 Å². The van der Waals surface area contributed by atoms with E-state index in [0.29, 0.717) is 11.8 Å². The lowest BCUT2D eigenvalue weighted by molar-refractivity contribution is -0.143. The molecule has 0 aromatic heterocycles. The van der Waals surface area contributed by atoms with Crippen LogP contribution in [0.1, 0.15) is 49.7 Å². The maximum Gasteiger partial charge on any atom is 0.230 e. The van der Waals surface area contributed by atoms with E-state index in [9.17, 15) is 4.79 Å². The van der Waals surface area contributed by atoms with Crippen molar-refractivity contribution in [3.05, 3.63) is 59.7 Å². The second-order valence-electron chi connectivity index (χ2n) is 9.54. The van der Waals surface area contributed by atoms with E-state index >= 15 is 0 Å². The second kappa shape index (κ2) is 6.37. The van der Waals surface area contributed by atoms with E-state index in [-0.39, 0.29) is 16.7 Å². The Kier molecular flexibility index (Phi) is 4.04. The second-order valence-corrected chi connectivity index (χ2v) is 9.54. The van der Waals surface area contributed by atoms with Gasteiger partial charge in [0.25, 0.3) is 0 Å². The van der Waals surface area contributed by atoms with Crippen LogP contribution in [0.5, 0.6) is 5.75 Å². The van der Waals surface area contributed by atoms with Gasteiger partial charge in [-0.15, -0.1) is 0 Å². The van der Waals surface area contributed by atoms with Gasteiger partial charge < -0.3 is 10.1 Å². The van der Waals surface area contributed by atoms with Gasteiger partial charge in [-0.2, -0.15) is 0 Å². The number of ether oxygens (including phenoxy) is 1. The number of hydrogen-bond donors (Lipinski definition) is 1. The van der Waals surface area contributed by atoms with Crippen LogP contribution in [-0.2, 0) is 10.2 Å². The number of nitrogens with one attached hydrogen (secondary N) is 1. The summed E-state index contributed by atoms with van der Waals surface area (Å²) in [6.45, 7) is 2.14. The molecule has 4 aliphatic carbocycles. The summed E-state index contributed by atoms with van der Waals surface area (Å²) >= 11 is 0. The number of methoxy groups -OCH3 is 1. The van der Waals surface area contributed by atoms with Crippen LogP contribution in [0.3, 0.4) is 0 Å². The number of aryl methyl sites for hydroxylation is 1. The Labute approximate surface area is 167 Å². The average molecular weight is 376 g/mol. The molecule has 1 amide bonds. The molecule has 4 bridgehead atoms. The molecule has 4 fully saturated rings. The molecule has 0 heterocycles. The first-order valence-electron chi connectivity index (χ1n) is 10.5. The fraction of sp³-hybridized carbons (Fsp3) is 0.480. The molecule has 0 saturated heterocycles. The first-order valence-corrected chi connectivity index (χ1v) is 10.5. The minimum absolute atomic E-state index is 0.176. The zero-order valence-corrected chi connectivity index (χ0v) is 16.8. The molecule has 2 aromatic rings. The van der Waals surface area contributed by atoms with Gasteiger partial charge in [0.2, 0.25) is 5.91 Å². The predicted molar refractivity (Wildman–Crippen MR) is 112 cm³/mol. The molecular formula is C25H29NO2. The van der Waals surface area contributed by atoms with Gasteiger partial charge in [0, 0.05) is 0 Å².